The van der Waals surface area contributed by atoms with Gasteiger partial charge in [-0.15, -0.1) is 11.3 Å². The van der Waals surface area contributed by atoms with Crippen molar-refractivity contribution >= 4 is 34.2 Å². The summed E-state index contributed by atoms with van der Waals surface area (Å²) in [6, 6.07) is 9.76. The van der Waals surface area contributed by atoms with Crippen molar-refractivity contribution in [3.8, 4) is 0 Å². The summed E-state index contributed by atoms with van der Waals surface area (Å²) < 4.78 is 2.35. The second kappa shape index (κ2) is 15.9. The highest BCUT2D eigenvalue weighted by molar-refractivity contribution is 7.09. The summed E-state index contributed by atoms with van der Waals surface area (Å²) in [5.74, 6) is 0.960. The van der Waals surface area contributed by atoms with Crippen LogP contribution in [0.1, 0.15) is 101 Å². The van der Waals surface area contributed by atoms with E-state index < -0.39 is 6.04 Å². The van der Waals surface area contributed by atoms with Crippen molar-refractivity contribution in [3.05, 3.63) is 52.0 Å². The Bertz CT molecular complexity index is 1200. The number of unbranched alkanes of at least 4 members (excludes halogenated alkanes) is 1. The van der Waals surface area contributed by atoms with Crippen LogP contribution in [0.15, 0.2) is 35.7 Å². The van der Waals surface area contributed by atoms with Gasteiger partial charge in [0.1, 0.15) is 11.9 Å². The molecule has 3 rings (SSSR count). The molecular weight excluding hydrogens is 518 g/mol. The van der Waals surface area contributed by atoms with Crippen molar-refractivity contribution in [2.75, 3.05) is 26.2 Å². The first kappa shape index (κ1) is 31.8. The first-order valence-corrected chi connectivity index (χ1v) is 16.0. The quantitative estimate of drug-likeness (QED) is 0.184. The minimum Gasteiger partial charge on any atom is -0.354 e. The van der Waals surface area contributed by atoms with Crippen molar-refractivity contribution in [1.29, 1.82) is 0 Å². The van der Waals surface area contributed by atoms with E-state index in [0.29, 0.717) is 24.6 Å². The lowest BCUT2D eigenvalue weighted by Crippen LogP contribution is -2.47. The Kier molecular flexibility index (Phi) is 12.7. The molecule has 0 bridgehead atoms. The van der Waals surface area contributed by atoms with Crippen molar-refractivity contribution in [3.63, 3.8) is 0 Å². The number of hydrogen-bond acceptors (Lipinski definition) is 5. The van der Waals surface area contributed by atoms with E-state index in [-0.39, 0.29) is 17.7 Å². The van der Waals surface area contributed by atoms with Gasteiger partial charge in [0, 0.05) is 29.4 Å². The lowest BCUT2D eigenvalue weighted by Gasteiger charge is -2.21. The van der Waals surface area contributed by atoms with E-state index in [1.54, 1.807) is 11.3 Å². The van der Waals surface area contributed by atoms with E-state index in [9.17, 15) is 9.59 Å². The Hall–Kier alpha value is -2.71. The van der Waals surface area contributed by atoms with Gasteiger partial charge >= 0.3 is 0 Å². The van der Waals surface area contributed by atoms with Crippen LogP contribution in [0.3, 0.4) is 0 Å². The van der Waals surface area contributed by atoms with Crippen molar-refractivity contribution in [1.82, 2.24) is 25.1 Å². The molecule has 2 heterocycles. The molecule has 0 radical (unpaired) electrons. The number of fused-ring (bicyclic) bond motifs is 1. The van der Waals surface area contributed by atoms with E-state index in [4.69, 9.17) is 4.98 Å². The van der Waals surface area contributed by atoms with Crippen LogP contribution in [0.5, 0.6) is 0 Å². The summed E-state index contributed by atoms with van der Waals surface area (Å²) >= 11 is 1.74. The molecule has 0 saturated carbocycles. The zero-order valence-electron chi connectivity index (χ0n) is 25.3. The van der Waals surface area contributed by atoms with Crippen LogP contribution in [0.25, 0.3) is 11.0 Å². The fraction of sp³-hybridized carbons (Fsp3) is 0.594. The van der Waals surface area contributed by atoms with Gasteiger partial charge in [-0.3, -0.25) is 9.59 Å². The maximum absolute atomic E-state index is 13.4. The fourth-order valence-corrected chi connectivity index (χ4v) is 6.03. The molecule has 0 fully saturated rings. The molecule has 0 saturated heterocycles. The summed E-state index contributed by atoms with van der Waals surface area (Å²) in [5, 5.41) is 8.17. The van der Waals surface area contributed by atoms with Gasteiger partial charge in [-0.25, -0.2) is 4.98 Å². The number of benzene rings is 1. The average molecular weight is 568 g/mol. The number of carbonyl (C=O) groups excluding carboxylic acids is 2. The van der Waals surface area contributed by atoms with Crippen molar-refractivity contribution in [2.45, 2.75) is 92.2 Å². The molecule has 0 spiro atoms. The van der Waals surface area contributed by atoms with Gasteiger partial charge in [0.25, 0.3) is 5.91 Å². The van der Waals surface area contributed by atoms with E-state index in [1.807, 2.05) is 18.2 Å². The number of carbonyl (C=O) groups is 2. The third-order valence-corrected chi connectivity index (χ3v) is 8.54. The average Bonchev–Trinajstić information content (AvgIpc) is 3.58. The summed E-state index contributed by atoms with van der Waals surface area (Å²) in [5.41, 5.74) is 2.41. The van der Waals surface area contributed by atoms with Crippen LogP contribution in [0, 0.1) is 5.92 Å². The Morgan fingerprint density at radius 3 is 2.42 bits per heavy atom. The second-order valence-corrected chi connectivity index (χ2v) is 12.0. The Balaban J connectivity index is 1.73. The van der Waals surface area contributed by atoms with Gasteiger partial charge in [0.05, 0.1) is 11.0 Å². The van der Waals surface area contributed by atoms with Crippen LogP contribution in [-0.4, -0.2) is 58.5 Å². The second-order valence-electron chi connectivity index (χ2n) is 11.0. The first-order valence-electron chi connectivity index (χ1n) is 15.1. The molecule has 2 N–H and O–H groups in total. The molecule has 7 nitrogen and oxygen atoms in total. The van der Waals surface area contributed by atoms with E-state index >= 15 is 0 Å². The molecule has 8 heteroatoms. The fourth-order valence-electron chi connectivity index (χ4n) is 5.32. The minimum atomic E-state index is -0.567. The van der Waals surface area contributed by atoms with Crippen LogP contribution in [0.4, 0.5) is 0 Å². The Labute approximate surface area is 244 Å². The largest absolute Gasteiger partial charge is 0.354 e. The van der Waals surface area contributed by atoms with Crippen molar-refractivity contribution in [2.24, 2.45) is 5.92 Å². The predicted octanol–water partition coefficient (Wildman–Crippen LogP) is 6.43. The first-order chi connectivity index (χ1) is 19.3. The molecule has 2 amide bonds. The third kappa shape index (κ3) is 8.64. The highest BCUT2D eigenvalue weighted by Gasteiger charge is 2.24. The number of amides is 2. The maximum Gasteiger partial charge on any atom is 0.252 e. The van der Waals surface area contributed by atoms with Gasteiger partial charge in [0.2, 0.25) is 5.91 Å². The number of thiophene rings is 1. The van der Waals surface area contributed by atoms with Gasteiger partial charge in [-0.05, 0) is 87.3 Å². The molecule has 40 heavy (non-hydrogen) atoms. The zero-order valence-corrected chi connectivity index (χ0v) is 26.2. The number of rotatable bonds is 17. The molecule has 3 aromatic rings. The monoisotopic (exact) mass is 567 g/mol. The number of hydrogen-bond donors (Lipinski definition) is 2. The van der Waals surface area contributed by atoms with Crippen LogP contribution < -0.4 is 10.6 Å². The number of imidazole rings is 1. The van der Waals surface area contributed by atoms with E-state index in [2.05, 4.69) is 79.2 Å². The molecule has 1 unspecified atom stereocenters. The van der Waals surface area contributed by atoms with E-state index in [1.165, 1.54) is 4.88 Å². The van der Waals surface area contributed by atoms with Crippen LogP contribution >= 0.6 is 11.3 Å². The molecule has 1 atom stereocenters. The maximum atomic E-state index is 13.4. The minimum absolute atomic E-state index is 0.109. The van der Waals surface area contributed by atoms with Crippen LogP contribution in [-0.2, 0) is 11.2 Å². The molecule has 1 aromatic carbocycles. The Morgan fingerprint density at radius 2 is 1.80 bits per heavy atom. The summed E-state index contributed by atoms with van der Waals surface area (Å²) in [6.07, 6.45) is 5.37. The summed E-state index contributed by atoms with van der Waals surface area (Å²) in [6.45, 7) is 16.7. The van der Waals surface area contributed by atoms with E-state index in [0.717, 1.165) is 68.6 Å². The Morgan fingerprint density at radius 1 is 1.05 bits per heavy atom. The molecule has 220 valence electrons. The normalized spacial score (nSPS) is 12.5. The molecule has 2 aromatic heterocycles. The smallest absolute Gasteiger partial charge is 0.252 e. The SMILES string of the molecule is CCC(CC)n1c(Cc2cccs2)nc2cc(C(=O)NC(CC(C)C)C(=O)NCCCCN(CC)CC)ccc21. The third-order valence-electron chi connectivity index (χ3n) is 7.67. The lowest BCUT2D eigenvalue weighted by molar-refractivity contribution is -0.123. The standard InChI is InChI=1S/C32H49N5O2S/c1-7-25(8-2)37-29-16-15-24(21-27(29)34-30(37)22-26-14-13-19-40-26)31(38)35-28(20-23(5)6)32(39)33-17-11-12-18-36(9-3)10-4/h13-16,19,21,23,25,28H,7-12,17-18,20,22H2,1-6H3,(H,33,39)(H,35,38). The van der Waals surface area contributed by atoms with Gasteiger partial charge in [0.15, 0.2) is 0 Å². The molecule has 0 aliphatic carbocycles. The highest BCUT2D eigenvalue weighted by atomic mass is 32.1. The lowest BCUT2D eigenvalue weighted by atomic mass is 10.0. The predicted molar refractivity (Wildman–Crippen MR) is 167 cm³/mol. The van der Waals surface area contributed by atoms with Gasteiger partial charge < -0.3 is 20.1 Å². The zero-order chi connectivity index (χ0) is 29.1. The van der Waals surface area contributed by atoms with Crippen molar-refractivity contribution < 1.29 is 9.59 Å². The molecular formula is C32H49N5O2S. The number of nitrogens with one attached hydrogen (secondary N) is 2. The van der Waals surface area contributed by atoms with Crippen LogP contribution in [0.2, 0.25) is 0 Å². The topological polar surface area (TPSA) is 79.3 Å². The molecule has 0 aliphatic rings. The van der Waals surface area contributed by atoms with Gasteiger partial charge in [-0.2, -0.15) is 0 Å². The molecule has 0 aliphatic heterocycles. The highest BCUT2D eigenvalue weighted by Crippen LogP contribution is 2.28. The summed E-state index contributed by atoms with van der Waals surface area (Å²) in [7, 11) is 0. The number of aromatic nitrogens is 2. The summed E-state index contributed by atoms with van der Waals surface area (Å²) in [4.78, 5) is 35.1. The van der Waals surface area contributed by atoms with Gasteiger partial charge in [-0.1, -0.05) is 47.6 Å². The number of nitrogens with zero attached hydrogens (tertiary/aromatic N) is 3.